The van der Waals surface area contributed by atoms with Crippen LogP contribution in [0.5, 0.6) is 5.75 Å². The number of nitro benzene ring substituents is 1. The Morgan fingerprint density at radius 1 is 1.35 bits per heavy atom. The summed E-state index contributed by atoms with van der Waals surface area (Å²) in [4.78, 5) is 33.3. The van der Waals surface area contributed by atoms with Crippen LogP contribution in [-0.4, -0.2) is 31.0 Å². The molecule has 0 radical (unpaired) electrons. The van der Waals surface area contributed by atoms with E-state index in [1.165, 1.54) is 27.0 Å². The molecular weight excluding hydrogens is 268 g/mol. The molecule has 0 atom stereocenters. The lowest BCUT2D eigenvalue weighted by atomic mass is 10.1. The van der Waals surface area contributed by atoms with Crippen LogP contribution in [0.4, 0.5) is 11.4 Å². The van der Waals surface area contributed by atoms with E-state index in [2.05, 4.69) is 10.1 Å². The number of carbonyl (C=O) groups excluding carboxylic acids is 2. The first-order valence-corrected chi connectivity index (χ1v) is 5.55. The molecule has 0 saturated heterocycles. The largest absolute Gasteiger partial charge is 0.489 e. The first-order valence-electron chi connectivity index (χ1n) is 5.55. The SMILES string of the molecule is COC(=O)c1cc(C)c(NC(C)=O)c([N+](=O)[O-])c1OC. The number of aryl methyl sites for hydroxylation is 1. The van der Waals surface area contributed by atoms with Gasteiger partial charge >= 0.3 is 11.7 Å². The monoisotopic (exact) mass is 282 g/mol. The molecule has 0 aliphatic carbocycles. The molecule has 1 aromatic carbocycles. The maximum absolute atomic E-state index is 11.6. The number of rotatable bonds is 4. The van der Waals surface area contributed by atoms with Crippen molar-refractivity contribution in [3.63, 3.8) is 0 Å². The van der Waals surface area contributed by atoms with Gasteiger partial charge < -0.3 is 14.8 Å². The number of benzene rings is 1. The minimum absolute atomic E-state index is 0.00740. The van der Waals surface area contributed by atoms with E-state index >= 15 is 0 Å². The molecular formula is C12H14N2O6. The average Bonchev–Trinajstić information content (AvgIpc) is 2.38. The average molecular weight is 282 g/mol. The zero-order valence-electron chi connectivity index (χ0n) is 11.5. The molecule has 0 unspecified atom stereocenters. The van der Waals surface area contributed by atoms with E-state index in [4.69, 9.17) is 4.74 Å². The van der Waals surface area contributed by atoms with Crippen LogP contribution in [0.2, 0.25) is 0 Å². The maximum Gasteiger partial charge on any atom is 0.341 e. The Labute approximate surface area is 114 Å². The highest BCUT2D eigenvalue weighted by molar-refractivity contribution is 6.00. The van der Waals surface area contributed by atoms with Gasteiger partial charge in [-0.3, -0.25) is 14.9 Å². The van der Waals surface area contributed by atoms with Gasteiger partial charge in [0.1, 0.15) is 11.3 Å². The van der Waals surface area contributed by atoms with Crippen molar-refractivity contribution in [2.24, 2.45) is 0 Å². The number of nitrogens with zero attached hydrogens (tertiary/aromatic N) is 1. The standard InChI is InChI=1S/C12H14N2O6/c1-6-5-8(12(16)20-4)11(19-3)10(14(17)18)9(6)13-7(2)15/h5H,1-4H3,(H,13,15). The Morgan fingerprint density at radius 3 is 2.35 bits per heavy atom. The van der Waals surface area contributed by atoms with Crippen molar-refractivity contribution in [1.29, 1.82) is 0 Å². The van der Waals surface area contributed by atoms with Gasteiger partial charge in [0.05, 0.1) is 19.1 Å². The van der Waals surface area contributed by atoms with Crippen LogP contribution in [0.1, 0.15) is 22.8 Å². The minimum atomic E-state index is -0.762. The zero-order chi connectivity index (χ0) is 15.4. The van der Waals surface area contributed by atoms with Crippen molar-refractivity contribution >= 4 is 23.3 Å². The summed E-state index contributed by atoms with van der Waals surface area (Å²) in [7, 11) is 2.35. The van der Waals surface area contributed by atoms with E-state index in [1.807, 2.05) is 0 Å². The lowest BCUT2D eigenvalue weighted by Gasteiger charge is -2.13. The number of esters is 1. The highest BCUT2D eigenvalue weighted by atomic mass is 16.6. The molecule has 0 aliphatic heterocycles. The second-order valence-corrected chi connectivity index (χ2v) is 3.93. The molecule has 1 aromatic rings. The van der Waals surface area contributed by atoms with Crippen LogP contribution in [0.3, 0.4) is 0 Å². The van der Waals surface area contributed by atoms with Crippen molar-refractivity contribution < 1.29 is 24.0 Å². The summed E-state index contributed by atoms with van der Waals surface area (Å²) in [6.45, 7) is 2.76. The summed E-state index contributed by atoms with van der Waals surface area (Å²) in [5.41, 5.74) is -0.212. The number of nitrogens with one attached hydrogen (secondary N) is 1. The van der Waals surface area contributed by atoms with Gasteiger partial charge in [-0.2, -0.15) is 0 Å². The Hall–Kier alpha value is -2.64. The smallest absolute Gasteiger partial charge is 0.341 e. The number of amides is 1. The summed E-state index contributed by atoms with van der Waals surface area (Å²) in [5.74, 6) is -1.48. The molecule has 0 aliphatic rings. The first kappa shape index (κ1) is 15.4. The van der Waals surface area contributed by atoms with Gasteiger partial charge in [-0.25, -0.2) is 4.79 Å². The Kier molecular flexibility index (Phi) is 4.63. The Balaban J connectivity index is 3.68. The molecule has 8 nitrogen and oxygen atoms in total. The molecule has 0 spiro atoms. The van der Waals surface area contributed by atoms with Crippen LogP contribution in [0.15, 0.2) is 6.07 Å². The Bertz CT molecular complexity index is 582. The number of anilines is 1. The zero-order valence-corrected chi connectivity index (χ0v) is 11.5. The Morgan fingerprint density at radius 2 is 1.95 bits per heavy atom. The summed E-state index contributed by atoms with van der Waals surface area (Å²) in [5, 5.41) is 13.6. The van der Waals surface area contributed by atoms with E-state index in [0.29, 0.717) is 5.56 Å². The van der Waals surface area contributed by atoms with Gasteiger partial charge in [-0.15, -0.1) is 0 Å². The minimum Gasteiger partial charge on any atom is -0.489 e. The molecule has 1 N–H and O–H groups in total. The fourth-order valence-corrected chi connectivity index (χ4v) is 1.76. The predicted molar refractivity (Wildman–Crippen MR) is 70.0 cm³/mol. The van der Waals surface area contributed by atoms with E-state index in [9.17, 15) is 19.7 Å². The molecule has 0 heterocycles. The number of hydrogen-bond donors (Lipinski definition) is 1. The van der Waals surface area contributed by atoms with Gasteiger partial charge in [-0.05, 0) is 18.6 Å². The summed E-state index contributed by atoms with van der Waals surface area (Å²) in [6, 6.07) is 1.36. The second-order valence-electron chi connectivity index (χ2n) is 3.93. The van der Waals surface area contributed by atoms with E-state index in [-0.39, 0.29) is 17.0 Å². The first-order chi connectivity index (χ1) is 9.33. The third-order valence-electron chi connectivity index (χ3n) is 2.54. The van der Waals surface area contributed by atoms with Crippen molar-refractivity contribution in [2.75, 3.05) is 19.5 Å². The summed E-state index contributed by atoms with van der Waals surface area (Å²) >= 11 is 0. The van der Waals surface area contributed by atoms with E-state index < -0.39 is 22.5 Å². The predicted octanol–water partition coefficient (Wildman–Crippen LogP) is 1.66. The highest BCUT2D eigenvalue weighted by Crippen LogP contribution is 2.40. The van der Waals surface area contributed by atoms with Crippen molar-refractivity contribution in [1.82, 2.24) is 0 Å². The molecule has 8 heteroatoms. The molecule has 108 valence electrons. The fourth-order valence-electron chi connectivity index (χ4n) is 1.76. The lowest BCUT2D eigenvalue weighted by Crippen LogP contribution is -2.13. The van der Waals surface area contributed by atoms with Crippen LogP contribution in [0, 0.1) is 17.0 Å². The van der Waals surface area contributed by atoms with Crippen molar-refractivity contribution in [2.45, 2.75) is 13.8 Å². The molecule has 1 amide bonds. The van der Waals surface area contributed by atoms with Gasteiger partial charge in [0.25, 0.3) is 0 Å². The van der Waals surface area contributed by atoms with Crippen LogP contribution in [0.25, 0.3) is 0 Å². The number of hydrogen-bond acceptors (Lipinski definition) is 6. The molecule has 0 aromatic heterocycles. The highest BCUT2D eigenvalue weighted by Gasteiger charge is 2.30. The van der Waals surface area contributed by atoms with E-state index in [0.717, 1.165) is 7.11 Å². The quantitative estimate of drug-likeness (QED) is 0.511. The third kappa shape index (κ3) is 2.85. The van der Waals surface area contributed by atoms with Crippen LogP contribution in [-0.2, 0) is 9.53 Å². The molecule has 20 heavy (non-hydrogen) atoms. The third-order valence-corrected chi connectivity index (χ3v) is 2.54. The second kappa shape index (κ2) is 6.00. The summed E-state index contributed by atoms with van der Waals surface area (Å²) in [6.07, 6.45) is 0. The molecule has 0 fully saturated rings. The van der Waals surface area contributed by atoms with E-state index in [1.54, 1.807) is 0 Å². The van der Waals surface area contributed by atoms with Gasteiger partial charge in [-0.1, -0.05) is 0 Å². The molecule has 0 saturated carbocycles. The molecule has 1 rings (SSSR count). The molecule has 0 bridgehead atoms. The van der Waals surface area contributed by atoms with Crippen molar-refractivity contribution in [3.05, 3.63) is 27.3 Å². The van der Waals surface area contributed by atoms with Gasteiger partial charge in [0.2, 0.25) is 11.7 Å². The maximum atomic E-state index is 11.6. The van der Waals surface area contributed by atoms with Crippen LogP contribution >= 0.6 is 0 Å². The summed E-state index contributed by atoms with van der Waals surface area (Å²) < 4.78 is 9.50. The van der Waals surface area contributed by atoms with Crippen LogP contribution < -0.4 is 10.1 Å². The topological polar surface area (TPSA) is 108 Å². The number of ether oxygens (including phenoxy) is 2. The fraction of sp³-hybridized carbons (Fsp3) is 0.333. The normalized spacial score (nSPS) is 9.80. The van der Waals surface area contributed by atoms with Gasteiger partial charge in [0.15, 0.2) is 0 Å². The number of nitro groups is 1. The number of carbonyl (C=O) groups is 2. The lowest BCUT2D eigenvalue weighted by molar-refractivity contribution is -0.384. The number of methoxy groups -OCH3 is 2. The van der Waals surface area contributed by atoms with Crippen molar-refractivity contribution in [3.8, 4) is 5.75 Å². The van der Waals surface area contributed by atoms with Gasteiger partial charge in [0, 0.05) is 6.92 Å².